The van der Waals surface area contributed by atoms with Crippen LogP contribution in [0.3, 0.4) is 0 Å². The lowest BCUT2D eigenvalue weighted by Gasteiger charge is -2.11. The number of nitrogens with zero attached hydrogens (tertiary/aromatic N) is 4. The van der Waals surface area contributed by atoms with E-state index in [0.29, 0.717) is 11.4 Å². The third kappa shape index (κ3) is 4.06. The van der Waals surface area contributed by atoms with Gasteiger partial charge in [0.15, 0.2) is 5.82 Å². The highest BCUT2D eigenvalue weighted by Crippen LogP contribution is 2.21. The molecule has 6 nitrogen and oxygen atoms in total. The Balaban J connectivity index is 1.40. The van der Waals surface area contributed by atoms with E-state index in [9.17, 15) is 4.79 Å². The van der Waals surface area contributed by atoms with Gasteiger partial charge in [-0.05, 0) is 66.1 Å². The molecule has 0 saturated carbocycles. The van der Waals surface area contributed by atoms with Crippen LogP contribution in [0.1, 0.15) is 21.5 Å². The number of nitrogens with one attached hydrogen (secondary N) is 1. The number of amides is 1. The molecule has 0 saturated heterocycles. The minimum Gasteiger partial charge on any atom is -0.322 e. The number of para-hydroxylation sites is 1. The number of aromatic nitrogens is 4. The van der Waals surface area contributed by atoms with Gasteiger partial charge in [0.25, 0.3) is 5.91 Å². The Hall–Kier alpha value is -4.45. The van der Waals surface area contributed by atoms with Crippen LogP contribution in [0.2, 0.25) is 0 Å². The van der Waals surface area contributed by atoms with Crippen molar-refractivity contribution in [3.63, 3.8) is 0 Å². The molecule has 32 heavy (non-hydrogen) atoms. The lowest BCUT2D eigenvalue weighted by Crippen LogP contribution is -2.15. The number of hydrogen-bond acceptors (Lipinski definition) is 3. The molecule has 2 aromatic carbocycles. The van der Waals surface area contributed by atoms with Crippen LogP contribution in [-0.2, 0) is 6.42 Å². The second kappa shape index (κ2) is 8.73. The topological polar surface area (TPSA) is 64.7 Å². The van der Waals surface area contributed by atoms with Crippen LogP contribution in [0.4, 0.5) is 5.69 Å². The van der Waals surface area contributed by atoms with Crippen molar-refractivity contribution in [2.75, 3.05) is 5.32 Å². The summed E-state index contributed by atoms with van der Waals surface area (Å²) in [6, 6.07) is 25.5. The van der Waals surface area contributed by atoms with Crippen LogP contribution in [-0.4, -0.2) is 25.2 Å². The van der Waals surface area contributed by atoms with Crippen LogP contribution in [0.5, 0.6) is 0 Å². The molecule has 6 heteroatoms. The lowest BCUT2D eigenvalue weighted by atomic mass is 10.1. The maximum atomic E-state index is 13.2. The number of benzene rings is 2. The number of carbonyl (C=O) groups is 1. The van der Waals surface area contributed by atoms with Crippen LogP contribution in [0.25, 0.3) is 11.5 Å². The quantitative estimate of drug-likeness (QED) is 0.426. The predicted octanol–water partition coefficient (Wildman–Crippen LogP) is 4.90. The van der Waals surface area contributed by atoms with Crippen molar-refractivity contribution >= 4 is 11.6 Å². The van der Waals surface area contributed by atoms with Crippen molar-refractivity contribution in [2.24, 2.45) is 0 Å². The first kappa shape index (κ1) is 19.5. The van der Waals surface area contributed by atoms with Gasteiger partial charge in [-0.15, -0.1) is 0 Å². The van der Waals surface area contributed by atoms with E-state index in [2.05, 4.69) is 15.4 Å². The minimum absolute atomic E-state index is 0.210. The third-order valence-corrected chi connectivity index (χ3v) is 5.21. The van der Waals surface area contributed by atoms with Gasteiger partial charge >= 0.3 is 0 Å². The van der Waals surface area contributed by atoms with E-state index < -0.39 is 0 Å². The largest absolute Gasteiger partial charge is 0.322 e. The molecular weight excluding hydrogens is 398 g/mol. The Morgan fingerprint density at radius 2 is 1.50 bits per heavy atom. The molecule has 0 aliphatic rings. The number of anilines is 1. The summed E-state index contributed by atoms with van der Waals surface area (Å²) < 4.78 is 3.67. The van der Waals surface area contributed by atoms with E-state index in [1.165, 1.54) is 11.1 Å². The zero-order chi connectivity index (χ0) is 21.8. The van der Waals surface area contributed by atoms with Crippen molar-refractivity contribution in [3.8, 4) is 11.5 Å². The van der Waals surface area contributed by atoms with Gasteiger partial charge in [-0.25, -0.2) is 4.68 Å². The lowest BCUT2D eigenvalue weighted by molar-refractivity contribution is 0.102. The molecule has 156 valence electrons. The fraction of sp³-hybridized carbons (Fsp3) is 0.0385. The standard InChI is InChI=1S/C26H21N5O/c32-25(29-22-10-8-20(9-11-22)18-21-12-14-27-15-13-21)24-19-28-31(23-6-2-1-3-7-23)26(24)30-16-4-5-17-30/h1-17,19H,18H2,(H,29,32). The normalized spacial score (nSPS) is 10.8. The van der Waals surface area contributed by atoms with E-state index in [1.54, 1.807) is 23.3 Å². The van der Waals surface area contributed by atoms with E-state index >= 15 is 0 Å². The van der Waals surface area contributed by atoms with E-state index in [0.717, 1.165) is 17.8 Å². The Kier molecular flexibility index (Phi) is 5.32. The van der Waals surface area contributed by atoms with Crippen LogP contribution in [0, 0.1) is 0 Å². The van der Waals surface area contributed by atoms with Gasteiger partial charge in [0, 0.05) is 30.5 Å². The third-order valence-electron chi connectivity index (χ3n) is 5.21. The maximum Gasteiger partial charge on any atom is 0.261 e. The van der Waals surface area contributed by atoms with Crippen molar-refractivity contribution in [3.05, 3.63) is 127 Å². The molecule has 0 unspecified atom stereocenters. The zero-order valence-corrected chi connectivity index (χ0v) is 17.3. The summed E-state index contributed by atoms with van der Waals surface area (Å²) in [7, 11) is 0. The highest BCUT2D eigenvalue weighted by atomic mass is 16.1. The maximum absolute atomic E-state index is 13.2. The van der Waals surface area contributed by atoms with Crippen molar-refractivity contribution in [2.45, 2.75) is 6.42 Å². The van der Waals surface area contributed by atoms with Gasteiger partial charge < -0.3 is 9.88 Å². The van der Waals surface area contributed by atoms with Gasteiger partial charge in [0.05, 0.1) is 11.9 Å². The summed E-state index contributed by atoms with van der Waals surface area (Å²) in [6.07, 6.45) is 9.82. The molecule has 0 aliphatic heterocycles. The molecule has 3 heterocycles. The van der Waals surface area contributed by atoms with Crippen molar-refractivity contribution < 1.29 is 4.79 Å². The van der Waals surface area contributed by atoms with Gasteiger partial charge in [0.2, 0.25) is 0 Å². The molecule has 0 fully saturated rings. The fourth-order valence-electron chi connectivity index (χ4n) is 3.63. The van der Waals surface area contributed by atoms with Crippen LogP contribution in [0.15, 0.2) is 110 Å². The van der Waals surface area contributed by atoms with E-state index in [-0.39, 0.29) is 5.91 Å². The summed E-state index contributed by atoms with van der Waals surface area (Å²) in [6.45, 7) is 0. The Morgan fingerprint density at radius 3 is 2.22 bits per heavy atom. The Labute approximate surface area is 185 Å². The van der Waals surface area contributed by atoms with E-state index in [1.807, 2.05) is 95.8 Å². The van der Waals surface area contributed by atoms with Gasteiger partial charge in [-0.1, -0.05) is 30.3 Å². The van der Waals surface area contributed by atoms with Crippen molar-refractivity contribution in [1.29, 1.82) is 0 Å². The Morgan fingerprint density at radius 1 is 0.812 bits per heavy atom. The number of carbonyl (C=O) groups excluding carboxylic acids is 1. The highest BCUT2D eigenvalue weighted by Gasteiger charge is 2.20. The average Bonchev–Trinajstić information content (AvgIpc) is 3.51. The molecule has 5 rings (SSSR count). The second-order valence-corrected chi connectivity index (χ2v) is 7.40. The average molecular weight is 419 g/mol. The molecule has 1 N–H and O–H groups in total. The van der Waals surface area contributed by atoms with Crippen LogP contribution < -0.4 is 5.32 Å². The molecule has 5 aromatic rings. The molecule has 0 radical (unpaired) electrons. The first-order valence-electron chi connectivity index (χ1n) is 10.3. The molecule has 0 bridgehead atoms. The zero-order valence-electron chi connectivity index (χ0n) is 17.3. The second-order valence-electron chi connectivity index (χ2n) is 7.40. The number of pyridine rings is 1. The first-order valence-corrected chi connectivity index (χ1v) is 10.3. The number of hydrogen-bond donors (Lipinski definition) is 1. The van der Waals surface area contributed by atoms with Gasteiger partial charge in [0.1, 0.15) is 5.56 Å². The number of rotatable bonds is 6. The van der Waals surface area contributed by atoms with Crippen LogP contribution >= 0.6 is 0 Å². The predicted molar refractivity (Wildman–Crippen MR) is 124 cm³/mol. The molecular formula is C26H21N5O. The summed E-state index contributed by atoms with van der Waals surface area (Å²) in [5.41, 5.74) is 4.47. The monoisotopic (exact) mass is 419 g/mol. The molecule has 0 atom stereocenters. The molecule has 1 amide bonds. The summed E-state index contributed by atoms with van der Waals surface area (Å²) in [4.78, 5) is 17.2. The molecule has 3 aromatic heterocycles. The molecule has 0 spiro atoms. The summed E-state index contributed by atoms with van der Waals surface area (Å²) >= 11 is 0. The highest BCUT2D eigenvalue weighted by molar-refractivity contribution is 6.06. The fourth-order valence-corrected chi connectivity index (χ4v) is 3.63. The summed E-state index contributed by atoms with van der Waals surface area (Å²) in [5, 5.41) is 7.50. The van der Waals surface area contributed by atoms with Crippen molar-refractivity contribution in [1.82, 2.24) is 19.3 Å². The Bertz CT molecular complexity index is 1310. The van der Waals surface area contributed by atoms with Gasteiger partial charge in [-0.3, -0.25) is 9.78 Å². The minimum atomic E-state index is -0.210. The summed E-state index contributed by atoms with van der Waals surface area (Å²) in [5.74, 6) is 0.478. The van der Waals surface area contributed by atoms with E-state index in [4.69, 9.17) is 0 Å². The smallest absolute Gasteiger partial charge is 0.261 e. The SMILES string of the molecule is O=C(Nc1ccc(Cc2ccncc2)cc1)c1cnn(-c2ccccc2)c1-n1cccc1. The first-order chi connectivity index (χ1) is 15.8. The van der Waals surface area contributed by atoms with Gasteiger partial charge in [-0.2, -0.15) is 5.10 Å². The molecule has 0 aliphatic carbocycles.